The Kier molecular flexibility index (Phi) is 3.07. The van der Waals surface area contributed by atoms with Crippen LogP contribution in [-0.2, 0) is 0 Å². The van der Waals surface area contributed by atoms with Crippen LogP contribution < -0.4 is 5.32 Å². The molecule has 5 heteroatoms. The molecule has 2 heterocycles. The maximum Gasteiger partial charge on any atom is 0.224 e. The molecular formula is C10H12ClN3S. The molecule has 1 N–H and O–H groups in total. The molecule has 2 rings (SSSR count). The predicted molar refractivity (Wildman–Crippen MR) is 65.8 cm³/mol. The molecule has 0 saturated carbocycles. The van der Waals surface area contributed by atoms with E-state index in [1.165, 1.54) is 0 Å². The van der Waals surface area contributed by atoms with E-state index in [2.05, 4.69) is 29.1 Å². The third-order valence-corrected chi connectivity index (χ3v) is 2.89. The molecule has 0 amide bonds. The molecule has 0 spiro atoms. The summed E-state index contributed by atoms with van der Waals surface area (Å²) in [6, 6.07) is 0. The van der Waals surface area contributed by atoms with Gasteiger partial charge in [0.05, 0.1) is 10.9 Å². The summed E-state index contributed by atoms with van der Waals surface area (Å²) in [7, 11) is 0. The maximum absolute atomic E-state index is 5.84. The van der Waals surface area contributed by atoms with Crippen molar-refractivity contribution in [2.75, 3.05) is 11.9 Å². The fourth-order valence-electron chi connectivity index (χ4n) is 1.27. The number of anilines is 1. The van der Waals surface area contributed by atoms with Crippen LogP contribution in [0.5, 0.6) is 0 Å². The van der Waals surface area contributed by atoms with Gasteiger partial charge in [-0.3, -0.25) is 0 Å². The van der Waals surface area contributed by atoms with E-state index in [0.717, 1.165) is 23.3 Å². The van der Waals surface area contributed by atoms with E-state index in [1.807, 2.05) is 10.8 Å². The summed E-state index contributed by atoms with van der Waals surface area (Å²) in [4.78, 5) is 8.34. The average Bonchev–Trinajstić information content (AvgIpc) is 2.61. The predicted octanol–water partition coefficient (Wildman–Crippen LogP) is 3.41. The van der Waals surface area contributed by atoms with Gasteiger partial charge in [0.1, 0.15) is 5.82 Å². The lowest BCUT2D eigenvalue weighted by atomic mass is 10.2. The molecule has 0 unspecified atom stereocenters. The molecular weight excluding hydrogens is 230 g/mol. The van der Waals surface area contributed by atoms with Crippen LogP contribution >= 0.6 is 22.9 Å². The summed E-state index contributed by atoms with van der Waals surface area (Å²) in [6.07, 6.45) is 0. The van der Waals surface area contributed by atoms with Gasteiger partial charge in [0.15, 0.2) is 0 Å². The molecule has 80 valence electrons. The Labute approximate surface area is 97.5 Å². The molecule has 3 nitrogen and oxygen atoms in total. The summed E-state index contributed by atoms with van der Waals surface area (Å²) in [5.41, 5.74) is 0.909. The van der Waals surface area contributed by atoms with Crippen molar-refractivity contribution < 1.29 is 0 Å². The summed E-state index contributed by atoms with van der Waals surface area (Å²) in [5.74, 6) is 1.41. The number of nitrogens with zero attached hydrogens (tertiary/aromatic N) is 2. The second-order valence-electron chi connectivity index (χ2n) is 3.79. The summed E-state index contributed by atoms with van der Waals surface area (Å²) in [6.45, 7) is 5.19. The van der Waals surface area contributed by atoms with Crippen LogP contribution in [0.4, 0.5) is 5.82 Å². The fraction of sp³-hybridized carbons (Fsp3) is 0.400. The number of fused-ring (bicyclic) bond motifs is 1. The first-order chi connectivity index (χ1) is 7.16. The van der Waals surface area contributed by atoms with Crippen LogP contribution in [0.3, 0.4) is 0 Å². The third kappa shape index (κ3) is 2.38. The molecule has 0 atom stereocenters. The van der Waals surface area contributed by atoms with Gasteiger partial charge in [-0.1, -0.05) is 13.8 Å². The molecule has 15 heavy (non-hydrogen) atoms. The van der Waals surface area contributed by atoms with E-state index in [-0.39, 0.29) is 0 Å². The quantitative estimate of drug-likeness (QED) is 0.837. The highest BCUT2D eigenvalue weighted by Crippen LogP contribution is 2.25. The van der Waals surface area contributed by atoms with Gasteiger partial charge in [0.2, 0.25) is 5.28 Å². The minimum absolute atomic E-state index is 0.298. The number of thiophene rings is 1. The van der Waals surface area contributed by atoms with Crippen LogP contribution in [0.25, 0.3) is 10.9 Å². The fourth-order valence-corrected chi connectivity index (χ4v) is 2.19. The van der Waals surface area contributed by atoms with E-state index in [9.17, 15) is 0 Å². The standard InChI is InChI=1S/C10H12ClN3S/c1-6(2)3-12-9-7-4-15-5-8(7)13-10(11)14-9/h4-6H,3H2,1-2H3,(H,12,13,14). The number of aromatic nitrogens is 2. The lowest BCUT2D eigenvalue weighted by molar-refractivity contribution is 0.687. The van der Waals surface area contributed by atoms with Crippen LogP contribution in [0.15, 0.2) is 10.8 Å². The van der Waals surface area contributed by atoms with Gasteiger partial charge in [-0.2, -0.15) is 0 Å². The van der Waals surface area contributed by atoms with Crippen LogP contribution in [0, 0.1) is 5.92 Å². The molecule has 0 saturated heterocycles. The van der Waals surface area contributed by atoms with E-state index < -0.39 is 0 Å². The summed E-state index contributed by atoms with van der Waals surface area (Å²) < 4.78 is 0. The van der Waals surface area contributed by atoms with Crippen molar-refractivity contribution in [3.05, 3.63) is 16.0 Å². The topological polar surface area (TPSA) is 37.8 Å². The van der Waals surface area contributed by atoms with E-state index in [1.54, 1.807) is 11.3 Å². The van der Waals surface area contributed by atoms with Crippen molar-refractivity contribution in [3.63, 3.8) is 0 Å². The maximum atomic E-state index is 5.84. The minimum Gasteiger partial charge on any atom is -0.369 e. The van der Waals surface area contributed by atoms with E-state index in [0.29, 0.717) is 11.2 Å². The Morgan fingerprint density at radius 2 is 2.20 bits per heavy atom. The van der Waals surface area contributed by atoms with Gasteiger partial charge in [-0.25, -0.2) is 9.97 Å². The van der Waals surface area contributed by atoms with Crippen LogP contribution in [0.2, 0.25) is 5.28 Å². The molecule has 0 aliphatic carbocycles. The van der Waals surface area contributed by atoms with Crippen molar-refractivity contribution in [2.45, 2.75) is 13.8 Å². The SMILES string of the molecule is CC(C)CNc1nc(Cl)nc2cscc12. The molecule has 0 aliphatic heterocycles. The van der Waals surface area contributed by atoms with Crippen molar-refractivity contribution >= 4 is 39.7 Å². The first-order valence-electron chi connectivity index (χ1n) is 4.80. The van der Waals surface area contributed by atoms with Crippen LogP contribution in [0.1, 0.15) is 13.8 Å². The monoisotopic (exact) mass is 241 g/mol. The average molecular weight is 242 g/mol. The van der Waals surface area contributed by atoms with Gasteiger partial charge in [0.25, 0.3) is 0 Å². The highest BCUT2D eigenvalue weighted by atomic mass is 35.5. The van der Waals surface area contributed by atoms with Gasteiger partial charge >= 0.3 is 0 Å². The largest absolute Gasteiger partial charge is 0.369 e. The van der Waals surface area contributed by atoms with Crippen molar-refractivity contribution in [1.29, 1.82) is 0 Å². The second kappa shape index (κ2) is 4.33. The van der Waals surface area contributed by atoms with Crippen molar-refractivity contribution in [3.8, 4) is 0 Å². The van der Waals surface area contributed by atoms with Crippen molar-refractivity contribution in [1.82, 2.24) is 9.97 Å². The Hall–Kier alpha value is -0.870. The van der Waals surface area contributed by atoms with E-state index >= 15 is 0 Å². The molecule has 0 aromatic carbocycles. The van der Waals surface area contributed by atoms with Crippen molar-refractivity contribution in [2.24, 2.45) is 5.92 Å². The number of rotatable bonds is 3. The van der Waals surface area contributed by atoms with Gasteiger partial charge in [0, 0.05) is 17.3 Å². The number of hydrogen-bond acceptors (Lipinski definition) is 4. The van der Waals surface area contributed by atoms with Gasteiger partial charge in [-0.15, -0.1) is 11.3 Å². The van der Waals surface area contributed by atoms with E-state index in [4.69, 9.17) is 11.6 Å². The summed E-state index contributed by atoms with van der Waals surface area (Å²) in [5, 5.41) is 8.64. The first-order valence-corrected chi connectivity index (χ1v) is 6.12. The molecule has 2 aromatic rings. The minimum atomic E-state index is 0.298. The zero-order valence-corrected chi connectivity index (χ0v) is 10.2. The van der Waals surface area contributed by atoms with Gasteiger partial charge < -0.3 is 5.32 Å². The number of halogens is 1. The second-order valence-corrected chi connectivity index (χ2v) is 4.87. The van der Waals surface area contributed by atoms with Gasteiger partial charge in [-0.05, 0) is 17.5 Å². The molecule has 2 aromatic heterocycles. The Morgan fingerprint density at radius 3 is 2.93 bits per heavy atom. The zero-order chi connectivity index (χ0) is 10.8. The molecule has 0 radical (unpaired) electrons. The number of nitrogens with one attached hydrogen (secondary N) is 1. The third-order valence-electron chi connectivity index (χ3n) is 1.99. The lowest BCUT2D eigenvalue weighted by Gasteiger charge is -2.08. The van der Waals surface area contributed by atoms with Crippen LogP contribution in [-0.4, -0.2) is 16.5 Å². The molecule has 0 aliphatic rings. The smallest absolute Gasteiger partial charge is 0.224 e. The molecule has 0 fully saturated rings. The number of hydrogen-bond donors (Lipinski definition) is 1. The Morgan fingerprint density at radius 1 is 1.40 bits per heavy atom. The zero-order valence-electron chi connectivity index (χ0n) is 8.62. The lowest BCUT2D eigenvalue weighted by Crippen LogP contribution is -2.09. The Bertz CT molecular complexity index is 467. The highest BCUT2D eigenvalue weighted by molar-refractivity contribution is 7.09. The summed E-state index contributed by atoms with van der Waals surface area (Å²) >= 11 is 7.45. The Balaban J connectivity index is 2.35. The first kappa shape index (κ1) is 10.6. The normalized spacial score (nSPS) is 11.2. The highest BCUT2D eigenvalue weighted by Gasteiger charge is 2.07. The molecule has 0 bridgehead atoms.